The molecule has 2 rings (SSSR count). The number of amides is 1. The first-order chi connectivity index (χ1) is 11.1. The van der Waals surface area contributed by atoms with Crippen molar-refractivity contribution in [3.8, 4) is 0 Å². The minimum Gasteiger partial charge on any atom is -0.346 e. The molecule has 126 valence electrons. The summed E-state index contributed by atoms with van der Waals surface area (Å²) in [5.74, 6) is 1.55. The highest BCUT2D eigenvalue weighted by Gasteiger charge is 2.26. The summed E-state index contributed by atoms with van der Waals surface area (Å²) in [6, 6.07) is 9.42. The molecule has 0 saturated heterocycles. The van der Waals surface area contributed by atoms with Gasteiger partial charge in [0.15, 0.2) is 0 Å². The molecule has 1 aliphatic carbocycles. The van der Waals surface area contributed by atoms with Crippen LogP contribution in [0, 0.1) is 17.8 Å². The molecule has 3 nitrogen and oxygen atoms in total. The van der Waals surface area contributed by atoms with Gasteiger partial charge in [-0.05, 0) is 43.1 Å². The molecule has 0 aromatic heterocycles. The van der Waals surface area contributed by atoms with E-state index in [9.17, 15) is 9.59 Å². The lowest BCUT2D eigenvalue weighted by atomic mass is 9.88. The van der Waals surface area contributed by atoms with Crippen molar-refractivity contribution in [3.05, 3.63) is 35.9 Å². The van der Waals surface area contributed by atoms with Gasteiger partial charge in [-0.1, -0.05) is 57.0 Å². The zero-order chi connectivity index (χ0) is 16.7. The molecule has 1 amide bonds. The summed E-state index contributed by atoms with van der Waals surface area (Å²) in [6.07, 6.45) is 6.79. The lowest BCUT2D eigenvalue weighted by Crippen LogP contribution is -2.41. The van der Waals surface area contributed by atoms with Crippen LogP contribution < -0.4 is 5.32 Å². The van der Waals surface area contributed by atoms with Gasteiger partial charge in [-0.3, -0.25) is 4.79 Å². The van der Waals surface area contributed by atoms with E-state index >= 15 is 0 Å². The zero-order valence-corrected chi connectivity index (χ0v) is 14.3. The lowest BCUT2D eigenvalue weighted by Gasteiger charge is -2.19. The summed E-state index contributed by atoms with van der Waals surface area (Å²) in [5.41, 5.74) is 1.07. The molecular weight excluding hydrogens is 286 g/mol. The molecule has 0 bridgehead atoms. The highest BCUT2D eigenvalue weighted by molar-refractivity contribution is 5.81. The first kappa shape index (κ1) is 17.7. The zero-order valence-electron chi connectivity index (χ0n) is 14.3. The van der Waals surface area contributed by atoms with Gasteiger partial charge in [0.1, 0.15) is 6.29 Å². The lowest BCUT2D eigenvalue weighted by molar-refractivity contribution is -0.127. The van der Waals surface area contributed by atoms with Crippen LogP contribution in [0.3, 0.4) is 0 Å². The molecule has 3 atom stereocenters. The van der Waals surface area contributed by atoms with Gasteiger partial charge < -0.3 is 10.1 Å². The second-order valence-electron chi connectivity index (χ2n) is 7.15. The van der Waals surface area contributed by atoms with E-state index in [0.29, 0.717) is 12.3 Å². The molecular formula is C20H29NO2. The van der Waals surface area contributed by atoms with Crippen molar-refractivity contribution in [3.63, 3.8) is 0 Å². The van der Waals surface area contributed by atoms with Crippen LogP contribution in [0.5, 0.6) is 0 Å². The maximum atomic E-state index is 12.5. The predicted molar refractivity (Wildman–Crippen MR) is 93.0 cm³/mol. The van der Waals surface area contributed by atoms with Crippen molar-refractivity contribution in [1.82, 2.24) is 5.32 Å². The standard InChI is InChI=1S/C20H29NO2/c1-15(2)17-9-6-10-18(12-11-17)20(23)21-19(14-22)13-16-7-4-3-5-8-16/h3-5,7-8,14-15,17-19H,6,9-13H2,1-2H3,(H,21,23)/t17-,18-,19-/m1/s1. The Kier molecular flexibility index (Phi) is 6.82. The van der Waals surface area contributed by atoms with E-state index in [1.807, 2.05) is 30.3 Å². The molecule has 0 heterocycles. The largest absolute Gasteiger partial charge is 0.346 e. The topological polar surface area (TPSA) is 46.2 Å². The highest BCUT2D eigenvalue weighted by Crippen LogP contribution is 2.31. The Morgan fingerprint density at radius 1 is 1.17 bits per heavy atom. The van der Waals surface area contributed by atoms with Gasteiger partial charge in [0.05, 0.1) is 6.04 Å². The van der Waals surface area contributed by atoms with E-state index in [-0.39, 0.29) is 11.8 Å². The molecule has 0 aliphatic heterocycles. The normalized spacial score (nSPS) is 23.1. The van der Waals surface area contributed by atoms with Gasteiger partial charge in [0, 0.05) is 5.92 Å². The molecule has 1 aromatic carbocycles. The van der Waals surface area contributed by atoms with Crippen molar-refractivity contribution in [2.24, 2.45) is 17.8 Å². The fourth-order valence-corrected chi connectivity index (χ4v) is 3.56. The van der Waals surface area contributed by atoms with Gasteiger partial charge >= 0.3 is 0 Å². The average Bonchev–Trinajstić information content (AvgIpc) is 2.81. The van der Waals surface area contributed by atoms with Crippen molar-refractivity contribution >= 4 is 12.2 Å². The van der Waals surface area contributed by atoms with Crippen LogP contribution in [-0.4, -0.2) is 18.2 Å². The molecule has 1 N–H and O–H groups in total. The second-order valence-corrected chi connectivity index (χ2v) is 7.15. The summed E-state index contributed by atoms with van der Waals surface area (Å²) in [6.45, 7) is 4.54. The van der Waals surface area contributed by atoms with Crippen LogP contribution >= 0.6 is 0 Å². The van der Waals surface area contributed by atoms with Gasteiger partial charge in [-0.25, -0.2) is 0 Å². The van der Waals surface area contributed by atoms with Crippen molar-refractivity contribution < 1.29 is 9.59 Å². The van der Waals surface area contributed by atoms with Crippen LogP contribution in [-0.2, 0) is 16.0 Å². The van der Waals surface area contributed by atoms with E-state index in [0.717, 1.165) is 43.5 Å². The van der Waals surface area contributed by atoms with E-state index in [4.69, 9.17) is 0 Å². The molecule has 1 fully saturated rings. The quantitative estimate of drug-likeness (QED) is 0.641. The number of aldehydes is 1. The molecule has 1 aromatic rings. The number of rotatable bonds is 6. The minimum absolute atomic E-state index is 0.0578. The van der Waals surface area contributed by atoms with Crippen molar-refractivity contribution in [2.45, 2.75) is 58.4 Å². The number of hydrogen-bond donors (Lipinski definition) is 1. The summed E-state index contributed by atoms with van der Waals surface area (Å²) in [7, 11) is 0. The van der Waals surface area contributed by atoms with Crippen LogP contribution in [0.15, 0.2) is 30.3 Å². The fraction of sp³-hybridized carbons (Fsp3) is 0.600. The molecule has 23 heavy (non-hydrogen) atoms. The third-order valence-corrected chi connectivity index (χ3v) is 5.12. The van der Waals surface area contributed by atoms with Crippen LogP contribution in [0.2, 0.25) is 0 Å². The van der Waals surface area contributed by atoms with Crippen LogP contribution in [0.4, 0.5) is 0 Å². The van der Waals surface area contributed by atoms with Crippen LogP contribution in [0.25, 0.3) is 0 Å². The molecule has 1 saturated carbocycles. The number of nitrogens with one attached hydrogen (secondary N) is 1. The first-order valence-corrected chi connectivity index (χ1v) is 8.89. The average molecular weight is 315 g/mol. The van der Waals surface area contributed by atoms with Gasteiger partial charge in [-0.2, -0.15) is 0 Å². The SMILES string of the molecule is CC(C)[C@@H]1CCC[C@@H](C(=O)N[C@@H](C=O)Cc2ccccc2)CC1. The number of benzene rings is 1. The first-order valence-electron chi connectivity index (χ1n) is 8.89. The molecule has 0 spiro atoms. The molecule has 0 unspecified atom stereocenters. The number of carbonyl (C=O) groups excluding carboxylic acids is 2. The summed E-state index contributed by atoms with van der Waals surface area (Å²) in [5, 5.41) is 2.95. The van der Waals surface area contributed by atoms with E-state index in [2.05, 4.69) is 19.2 Å². The summed E-state index contributed by atoms with van der Waals surface area (Å²) in [4.78, 5) is 23.8. The van der Waals surface area contributed by atoms with Gasteiger partial charge in [-0.15, -0.1) is 0 Å². The Hall–Kier alpha value is -1.64. The summed E-state index contributed by atoms with van der Waals surface area (Å²) >= 11 is 0. The van der Waals surface area contributed by atoms with Crippen molar-refractivity contribution in [2.75, 3.05) is 0 Å². The Morgan fingerprint density at radius 2 is 1.91 bits per heavy atom. The predicted octanol–water partition coefficient (Wildman–Crippen LogP) is 3.77. The Morgan fingerprint density at radius 3 is 2.57 bits per heavy atom. The van der Waals surface area contributed by atoms with Crippen LogP contribution in [0.1, 0.15) is 51.5 Å². The summed E-state index contributed by atoms with van der Waals surface area (Å²) < 4.78 is 0. The molecule has 3 heteroatoms. The Bertz CT molecular complexity index is 498. The minimum atomic E-state index is -0.422. The number of hydrogen-bond acceptors (Lipinski definition) is 2. The maximum absolute atomic E-state index is 12.5. The fourth-order valence-electron chi connectivity index (χ4n) is 3.56. The monoisotopic (exact) mass is 315 g/mol. The number of carbonyl (C=O) groups is 2. The van der Waals surface area contributed by atoms with E-state index < -0.39 is 6.04 Å². The van der Waals surface area contributed by atoms with E-state index in [1.54, 1.807) is 0 Å². The maximum Gasteiger partial charge on any atom is 0.223 e. The van der Waals surface area contributed by atoms with E-state index in [1.165, 1.54) is 6.42 Å². The van der Waals surface area contributed by atoms with Gasteiger partial charge in [0.2, 0.25) is 5.91 Å². The van der Waals surface area contributed by atoms with Gasteiger partial charge in [0.25, 0.3) is 0 Å². The molecule has 1 aliphatic rings. The highest BCUT2D eigenvalue weighted by atomic mass is 16.2. The Balaban J connectivity index is 1.88. The third kappa shape index (κ3) is 5.49. The van der Waals surface area contributed by atoms with Crippen molar-refractivity contribution in [1.29, 1.82) is 0 Å². The third-order valence-electron chi connectivity index (χ3n) is 5.12. The smallest absolute Gasteiger partial charge is 0.223 e. The second kappa shape index (κ2) is 8.85. The molecule has 0 radical (unpaired) electrons. The Labute approximate surface area is 139 Å².